The predicted octanol–water partition coefficient (Wildman–Crippen LogP) is 1.82. The SMILES string of the molecule is C=C(Br)c1cn([C@H]2CC(Cl)[C@@H](C)O2)c(=O)[nH]c1=O. The molecule has 0 spiro atoms. The Morgan fingerprint density at radius 1 is 1.67 bits per heavy atom. The molecule has 1 aliphatic heterocycles. The zero-order chi connectivity index (χ0) is 13.4. The molecule has 0 aromatic carbocycles. The van der Waals surface area contributed by atoms with Crippen LogP contribution in [0.2, 0.25) is 0 Å². The summed E-state index contributed by atoms with van der Waals surface area (Å²) in [7, 11) is 0. The Bertz CT molecular complexity index is 585. The third-order valence-corrected chi connectivity index (χ3v) is 3.84. The maximum atomic E-state index is 11.8. The molecule has 1 unspecified atom stereocenters. The second-order valence-electron chi connectivity index (χ2n) is 4.16. The lowest BCUT2D eigenvalue weighted by molar-refractivity contribution is 0.00826. The molecular formula is C11H12BrClN2O3. The van der Waals surface area contributed by atoms with E-state index < -0.39 is 17.5 Å². The van der Waals surface area contributed by atoms with Gasteiger partial charge < -0.3 is 4.74 Å². The lowest BCUT2D eigenvalue weighted by Gasteiger charge is -2.14. The number of halogens is 2. The van der Waals surface area contributed by atoms with Gasteiger partial charge in [-0.15, -0.1) is 11.6 Å². The summed E-state index contributed by atoms with van der Waals surface area (Å²) in [5, 5.41) is -0.149. The zero-order valence-electron chi connectivity index (χ0n) is 9.65. The summed E-state index contributed by atoms with van der Waals surface area (Å²) >= 11 is 9.18. The van der Waals surface area contributed by atoms with Gasteiger partial charge in [0.25, 0.3) is 5.56 Å². The fourth-order valence-electron chi connectivity index (χ4n) is 1.84. The van der Waals surface area contributed by atoms with Gasteiger partial charge in [0.05, 0.1) is 17.0 Å². The van der Waals surface area contributed by atoms with E-state index in [1.165, 1.54) is 10.8 Å². The van der Waals surface area contributed by atoms with Crippen LogP contribution in [0.25, 0.3) is 4.48 Å². The average molecular weight is 336 g/mol. The van der Waals surface area contributed by atoms with Gasteiger partial charge in [-0.2, -0.15) is 0 Å². The van der Waals surface area contributed by atoms with Gasteiger partial charge in [-0.3, -0.25) is 14.3 Å². The molecule has 1 aliphatic rings. The highest BCUT2D eigenvalue weighted by molar-refractivity contribution is 9.15. The van der Waals surface area contributed by atoms with E-state index >= 15 is 0 Å². The van der Waals surface area contributed by atoms with Crippen LogP contribution in [0.5, 0.6) is 0 Å². The number of nitrogens with one attached hydrogen (secondary N) is 1. The van der Waals surface area contributed by atoms with Gasteiger partial charge in [0.15, 0.2) is 0 Å². The van der Waals surface area contributed by atoms with Gasteiger partial charge >= 0.3 is 5.69 Å². The van der Waals surface area contributed by atoms with Gasteiger partial charge in [0.1, 0.15) is 6.23 Å². The largest absolute Gasteiger partial charge is 0.353 e. The molecule has 0 bridgehead atoms. The fourth-order valence-corrected chi connectivity index (χ4v) is 2.34. The quantitative estimate of drug-likeness (QED) is 0.839. The van der Waals surface area contributed by atoms with Crippen LogP contribution in [0.3, 0.4) is 0 Å². The first-order valence-corrected chi connectivity index (χ1v) is 6.63. The molecule has 0 radical (unpaired) electrons. The lowest BCUT2D eigenvalue weighted by atomic mass is 10.2. The topological polar surface area (TPSA) is 64.1 Å². The monoisotopic (exact) mass is 334 g/mol. The van der Waals surface area contributed by atoms with Crippen LogP contribution in [0.4, 0.5) is 0 Å². The Kier molecular flexibility index (Phi) is 3.79. The molecule has 18 heavy (non-hydrogen) atoms. The molecule has 2 heterocycles. The van der Waals surface area contributed by atoms with Crippen LogP contribution in [-0.2, 0) is 4.74 Å². The number of nitrogens with zero attached hydrogens (tertiary/aromatic N) is 1. The number of H-pyrrole nitrogens is 1. The molecule has 1 N–H and O–H groups in total. The van der Waals surface area contributed by atoms with Crippen LogP contribution in [0.1, 0.15) is 25.1 Å². The van der Waals surface area contributed by atoms with Crippen LogP contribution in [0.15, 0.2) is 22.4 Å². The van der Waals surface area contributed by atoms with E-state index in [0.29, 0.717) is 16.5 Å². The van der Waals surface area contributed by atoms with E-state index in [-0.39, 0.29) is 11.5 Å². The second-order valence-corrected chi connectivity index (χ2v) is 5.68. The van der Waals surface area contributed by atoms with Crippen LogP contribution in [0, 0.1) is 0 Å². The minimum Gasteiger partial charge on any atom is -0.353 e. The van der Waals surface area contributed by atoms with Crippen molar-refractivity contribution in [1.82, 2.24) is 9.55 Å². The van der Waals surface area contributed by atoms with Gasteiger partial charge in [-0.1, -0.05) is 22.5 Å². The van der Waals surface area contributed by atoms with Crippen LogP contribution >= 0.6 is 27.5 Å². The van der Waals surface area contributed by atoms with Crippen molar-refractivity contribution in [2.75, 3.05) is 0 Å². The van der Waals surface area contributed by atoms with Crippen molar-refractivity contribution >= 4 is 32.0 Å². The Morgan fingerprint density at radius 2 is 2.33 bits per heavy atom. The number of rotatable bonds is 2. The molecule has 1 aromatic rings. The van der Waals surface area contributed by atoms with Gasteiger partial charge in [-0.05, 0) is 6.92 Å². The molecule has 1 aromatic heterocycles. The molecule has 1 saturated heterocycles. The van der Waals surface area contributed by atoms with Gasteiger partial charge in [0, 0.05) is 17.1 Å². The summed E-state index contributed by atoms with van der Waals surface area (Å²) in [5.74, 6) is 0. The van der Waals surface area contributed by atoms with Gasteiger partial charge in [-0.25, -0.2) is 4.79 Å². The maximum Gasteiger partial charge on any atom is 0.330 e. The van der Waals surface area contributed by atoms with E-state index in [1.807, 2.05) is 6.92 Å². The normalized spacial score (nSPS) is 27.4. The van der Waals surface area contributed by atoms with Crippen molar-refractivity contribution in [3.05, 3.63) is 39.2 Å². The third-order valence-electron chi connectivity index (χ3n) is 2.88. The third kappa shape index (κ3) is 2.46. The number of hydrogen-bond acceptors (Lipinski definition) is 3. The molecule has 0 amide bonds. The minimum absolute atomic E-state index is 0.133. The molecule has 3 atom stereocenters. The molecule has 2 rings (SSSR count). The van der Waals surface area contributed by atoms with Crippen LogP contribution in [-0.4, -0.2) is 21.0 Å². The Morgan fingerprint density at radius 3 is 2.83 bits per heavy atom. The molecule has 0 saturated carbocycles. The maximum absolute atomic E-state index is 11.8. The number of alkyl halides is 1. The van der Waals surface area contributed by atoms with E-state index in [1.54, 1.807) is 0 Å². The number of aromatic nitrogens is 2. The highest BCUT2D eigenvalue weighted by atomic mass is 79.9. The van der Waals surface area contributed by atoms with Crippen molar-refractivity contribution in [3.8, 4) is 0 Å². The summed E-state index contributed by atoms with van der Waals surface area (Å²) in [6.07, 6.45) is 1.36. The number of aromatic amines is 1. The summed E-state index contributed by atoms with van der Waals surface area (Å²) in [4.78, 5) is 25.5. The fraction of sp³-hybridized carbons (Fsp3) is 0.455. The zero-order valence-corrected chi connectivity index (χ0v) is 12.0. The van der Waals surface area contributed by atoms with Crippen molar-refractivity contribution < 1.29 is 4.74 Å². The standard InChI is InChI=1S/C11H12BrClN2O3/c1-5(12)7-4-15(11(17)14-10(7)16)9-3-8(13)6(2)18-9/h4,6,8-9H,1,3H2,2H3,(H,14,16,17)/t6-,8?,9-/m1/s1. The molecule has 98 valence electrons. The first-order chi connectivity index (χ1) is 8.40. The predicted molar refractivity (Wildman–Crippen MR) is 73.1 cm³/mol. The molecule has 7 heteroatoms. The Labute approximate surface area is 117 Å². The van der Waals surface area contributed by atoms with Crippen molar-refractivity contribution in [2.24, 2.45) is 0 Å². The number of hydrogen-bond donors (Lipinski definition) is 1. The minimum atomic E-state index is -0.513. The molecular weight excluding hydrogens is 323 g/mol. The average Bonchev–Trinajstić information content (AvgIpc) is 2.58. The Hall–Kier alpha value is -0.850. The summed E-state index contributed by atoms with van der Waals surface area (Å²) in [5.41, 5.74) is -0.698. The molecule has 1 fully saturated rings. The second kappa shape index (κ2) is 5.03. The van der Waals surface area contributed by atoms with Crippen molar-refractivity contribution in [1.29, 1.82) is 0 Å². The lowest BCUT2D eigenvalue weighted by Crippen LogP contribution is -2.33. The van der Waals surface area contributed by atoms with E-state index in [9.17, 15) is 9.59 Å². The first kappa shape index (κ1) is 13.6. The highest BCUT2D eigenvalue weighted by Gasteiger charge is 2.32. The van der Waals surface area contributed by atoms with E-state index in [4.69, 9.17) is 16.3 Å². The smallest absolute Gasteiger partial charge is 0.330 e. The Balaban J connectivity index is 2.46. The molecule has 0 aliphatic carbocycles. The first-order valence-electron chi connectivity index (χ1n) is 5.40. The van der Waals surface area contributed by atoms with Crippen LogP contribution < -0.4 is 11.2 Å². The van der Waals surface area contributed by atoms with Crippen molar-refractivity contribution in [3.63, 3.8) is 0 Å². The van der Waals surface area contributed by atoms with Gasteiger partial charge in [0.2, 0.25) is 0 Å². The van der Waals surface area contributed by atoms with E-state index in [0.717, 1.165) is 0 Å². The van der Waals surface area contributed by atoms with E-state index in [2.05, 4.69) is 27.5 Å². The highest BCUT2D eigenvalue weighted by Crippen LogP contribution is 2.31. The summed E-state index contributed by atoms with van der Waals surface area (Å²) < 4.78 is 7.32. The molecule has 5 nitrogen and oxygen atoms in total. The number of ether oxygens (including phenoxy) is 1. The summed E-state index contributed by atoms with van der Waals surface area (Å²) in [6, 6.07) is 0. The summed E-state index contributed by atoms with van der Waals surface area (Å²) in [6.45, 7) is 5.47. The van der Waals surface area contributed by atoms with Crippen molar-refractivity contribution in [2.45, 2.75) is 31.1 Å².